The Hall–Kier alpha value is -3.50. The smallest absolute Gasteiger partial charge is 0.269 e. The van der Waals surface area contributed by atoms with Gasteiger partial charge in [0, 0.05) is 30.7 Å². The number of nitrogens with one attached hydrogen (secondary N) is 2. The van der Waals surface area contributed by atoms with Gasteiger partial charge in [0.1, 0.15) is 5.75 Å². The molecule has 2 aromatic heterocycles. The van der Waals surface area contributed by atoms with E-state index >= 15 is 0 Å². The van der Waals surface area contributed by atoms with Crippen LogP contribution in [0.5, 0.6) is 11.5 Å². The summed E-state index contributed by atoms with van der Waals surface area (Å²) < 4.78 is 12.4. The lowest BCUT2D eigenvalue weighted by molar-refractivity contribution is -0.118. The summed E-state index contributed by atoms with van der Waals surface area (Å²) in [6.45, 7) is 1.16. The van der Waals surface area contributed by atoms with Crippen molar-refractivity contribution < 1.29 is 14.3 Å². The number of benzene rings is 1. The minimum absolute atomic E-state index is 0.0232. The summed E-state index contributed by atoms with van der Waals surface area (Å²) in [7, 11) is 1.61. The summed E-state index contributed by atoms with van der Waals surface area (Å²) in [5, 5.41) is 6.31. The van der Waals surface area contributed by atoms with Gasteiger partial charge in [0.15, 0.2) is 18.2 Å². The molecule has 4 N–H and O–H groups in total. The van der Waals surface area contributed by atoms with Crippen molar-refractivity contribution in [2.75, 3.05) is 19.0 Å². The minimum atomic E-state index is -0.322. The second-order valence-corrected chi connectivity index (χ2v) is 9.36. The van der Waals surface area contributed by atoms with Crippen LogP contribution in [0.3, 0.4) is 0 Å². The van der Waals surface area contributed by atoms with Crippen LogP contribution in [-0.4, -0.2) is 45.7 Å². The number of methoxy groups -OCH3 is 1. The lowest BCUT2D eigenvalue weighted by Crippen LogP contribution is -2.48. The Kier molecular flexibility index (Phi) is 6.40. The fourth-order valence-electron chi connectivity index (χ4n) is 4.83. The largest absolute Gasteiger partial charge is 0.497 e. The topological polar surface area (TPSA) is 133 Å². The molecule has 0 bridgehead atoms. The normalized spacial score (nSPS) is 21.8. The fraction of sp³-hybridized carbons (Fsp3) is 0.440. The average molecular weight is 479 g/mol. The molecule has 0 saturated heterocycles. The summed E-state index contributed by atoms with van der Waals surface area (Å²) >= 11 is 0. The first-order chi connectivity index (χ1) is 16.9. The molecule has 1 aromatic carbocycles. The number of nitrogens with zero attached hydrogens (tertiary/aromatic N) is 3. The Morgan fingerprint density at radius 3 is 2.89 bits per heavy atom. The number of aryl methyl sites for hydroxylation is 1. The molecule has 35 heavy (non-hydrogen) atoms. The highest BCUT2D eigenvalue weighted by Crippen LogP contribution is 2.31. The average Bonchev–Trinajstić information content (AvgIpc) is 2.87. The van der Waals surface area contributed by atoms with Crippen molar-refractivity contribution in [3.63, 3.8) is 0 Å². The highest BCUT2D eigenvalue weighted by atomic mass is 16.5. The standard InChI is InChI=1S/C25H30N6O4/c1-34-18-3-4-19-20(12-18)31(23(33)14-28-19)11-10-25(26)8-6-16(7-9-25)27-13-17-2-5-21-24(29-17)30-22(32)15-35-21/h2-5,12,14,16,27H,6-11,13,15,26H2,1H3,(H,29,30,32). The second-order valence-electron chi connectivity index (χ2n) is 9.36. The van der Waals surface area contributed by atoms with Crippen LogP contribution in [0.15, 0.2) is 41.3 Å². The van der Waals surface area contributed by atoms with Crippen LogP contribution in [0, 0.1) is 0 Å². The van der Waals surface area contributed by atoms with E-state index in [1.165, 1.54) is 6.20 Å². The van der Waals surface area contributed by atoms with Crippen molar-refractivity contribution in [3.8, 4) is 11.5 Å². The van der Waals surface area contributed by atoms with Gasteiger partial charge in [-0.2, -0.15) is 0 Å². The lowest BCUT2D eigenvalue weighted by atomic mass is 9.78. The molecule has 3 heterocycles. The Balaban J connectivity index is 1.17. The van der Waals surface area contributed by atoms with Crippen LogP contribution in [0.25, 0.3) is 11.0 Å². The van der Waals surface area contributed by atoms with Gasteiger partial charge in [-0.1, -0.05) is 0 Å². The van der Waals surface area contributed by atoms with Gasteiger partial charge in [0.2, 0.25) is 0 Å². The van der Waals surface area contributed by atoms with E-state index in [1.54, 1.807) is 11.7 Å². The summed E-state index contributed by atoms with van der Waals surface area (Å²) in [6, 6.07) is 9.63. The zero-order chi connectivity index (χ0) is 24.4. The molecule has 2 aliphatic rings. The number of amides is 1. The quantitative estimate of drug-likeness (QED) is 0.469. The van der Waals surface area contributed by atoms with Crippen LogP contribution in [0.1, 0.15) is 37.8 Å². The second kappa shape index (κ2) is 9.63. The number of rotatable bonds is 7. The zero-order valence-electron chi connectivity index (χ0n) is 19.8. The maximum absolute atomic E-state index is 12.6. The number of pyridine rings is 1. The maximum atomic E-state index is 12.6. The molecule has 0 spiro atoms. The first kappa shape index (κ1) is 23.3. The van der Waals surface area contributed by atoms with E-state index in [9.17, 15) is 9.59 Å². The predicted octanol–water partition coefficient (Wildman–Crippen LogP) is 1.95. The van der Waals surface area contributed by atoms with Crippen LogP contribution in [0.4, 0.5) is 5.82 Å². The van der Waals surface area contributed by atoms with E-state index in [0.717, 1.165) is 42.4 Å². The van der Waals surface area contributed by atoms with Gasteiger partial charge in [-0.15, -0.1) is 0 Å². The van der Waals surface area contributed by atoms with E-state index in [1.807, 2.05) is 30.3 Å². The molecule has 1 aliphatic heterocycles. The Bertz CT molecular complexity index is 1300. The van der Waals surface area contributed by atoms with Crippen LogP contribution in [0.2, 0.25) is 0 Å². The number of anilines is 1. The minimum Gasteiger partial charge on any atom is -0.497 e. The van der Waals surface area contributed by atoms with Gasteiger partial charge in [0.05, 0.1) is 30.0 Å². The van der Waals surface area contributed by atoms with Gasteiger partial charge in [-0.25, -0.2) is 9.97 Å². The molecule has 10 nitrogen and oxygen atoms in total. The monoisotopic (exact) mass is 478 g/mol. The van der Waals surface area contributed by atoms with Crippen LogP contribution in [-0.2, 0) is 17.9 Å². The summed E-state index contributed by atoms with van der Waals surface area (Å²) in [5.74, 6) is 1.57. The third kappa shape index (κ3) is 5.13. The first-order valence-electron chi connectivity index (χ1n) is 11.9. The summed E-state index contributed by atoms with van der Waals surface area (Å²) in [6.07, 6.45) is 5.70. The third-order valence-corrected chi connectivity index (χ3v) is 6.97. The van der Waals surface area contributed by atoms with E-state index < -0.39 is 0 Å². The fourth-order valence-corrected chi connectivity index (χ4v) is 4.83. The number of nitrogens with two attached hydrogens (primary N) is 1. The van der Waals surface area contributed by atoms with E-state index in [2.05, 4.69) is 20.6 Å². The Morgan fingerprint density at radius 2 is 2.09 bits per heavy atom. The molecule has 184 valence electrons. The van der Waals surface area contributed by atoms with Gasteiger partial charge < -0.3 is 30.4 Å². The lowest BCUT2D eigenvalue weighted by Gasteiger charge is -2.38. The molecular formula is C25H30N6O4. The molecule has 1 saturated carbocycles. The number of carbonyl (C=O) groups excluding carboxylic acids is 1. The summed E-state index contributed by atoms with van der Waals surface area (Å²) in [4.78, 5) is 32.8. The van der Waals surface area contributed by atoms with Gasteiger partial charge in [0.25, 0.3) is 11.5 Å². The van der Waals surface area contributed by atoms with Crippen molar-refractivity contribution in [2.45, 2.75) is 56.8 Å². The van der Waals surface area contributed by atoms with Crippen LogP contribution < -0.4 is 31.4 Å². The molecule has 3 aromatic rings. The first-order valence-corrected chi connectivity index (χ1v) is 11.9. The predicted molar refractivity (Wildman–Crippen MR) is 132 cm³/mol. The molecule has 1 amide bonds. The zero-order valence-corrected chi connectivity index (χ0v) is 19.8. The van der Waals surface area contributed by atoms with Gasteiger partial charge >= 0.3 is 0 Å². The Morgan fingerprint density at radius 1 is 1.26 bits per heavy atom. The summed E-state index contributed by atoms with van der Waals surface area (Å²) in [5.41, 5.74) is 8.67. The number of aromatic nitrogens is 3. The van der Waals surface area contributed by atoms with Crippen molar-refractivity contribution in [1.82, 2.24) is 19.9 Å². The highest BCUT2D eigenvalue weighted by Gasteiger charge is 2.31. The number of fused-ring (bicyclic) bond motifs is 2. The van der Waals surface area contributed by atoms with Crippen molar-refractivity contribution in [3.05, 3.63) is 52.6 Å². The third-order valence-electron chi connectivity index (χ3n) is 6.97. The van der Waals surface area contributed by atoms with E-state index in [-0.39, 0.29) is 23.6 Å². The van der Waals surface area contributed by atoms with Crippen molar-refractivity contribution >= 4 is 22.8 Å². The molecule has 5 rings (SSSR count). The van der Waals surface area contributed by atoms with E-state index in [0.29, 0.717) is 42.9 Å². The number of hydrogen-bond donors (Lipinski definition) is 3. The van der Waals surface area contributed by atoms with Gasteiger partial charge in [-0.3, -0.25) is 9.59 Å². The number of hydrogen-bond acceptors (Lipinski definition) is 8. The molecule has 0 radical (unpaired) electrons. The maximum Gasteiger partial charge on any atom is 0.269 e. The number of carbonyl (C=O) groups is 1. The highest BCUT2D eigenvalue weighted by molar-refractivity contribution is 5.94. The molecule has 1 fully saturated rings. The molecular weight excluding hydrogens is 448 g/mol. The number of ether oxygens (including phenoxy) is 2. The molecule has 1 aliphatic carbocycles. The molecule has 0 unspecified atom stereocenters. The van der Waals surface area contributed by atoms with Crippen molar-refractivity contribution in [1.29, 1.82) is 0 Å². The van der Waals surface area contributed by atoms with Crippen LogP contribution >= 0.6 is 0 Å². The molecule has 0 atom stereocenters. The molecule has 10 heteroatoms. The van der Waals surface area contributed by atoms with E-state index in [4.69, 9.17) is 15.2 Å². The van der Waals surface area contributed by atoms with Crippen molar-refractivity contribution in [2.24, 2.45) is 5.73 Å². The Labute approximate surface area is 202 Å². The SMILES string of the molecule is COc1ccc2ncc(=O)n(CCC3(N)CCC(NCc4ccc5c(n4)NC(=O)CO5)CC3)c2c1. The van der Waals surface area contributed by atoms with Gasteiger partial charge in [-0.05, 0) is 56.4 Å².